The number of nitrogens with one attached hydrogen (secondary N) is 1. The van der Waals surface area contributed by atoms with Gasteiger partial charge in [0, 0.05) is 31.2 Å². The summed E-state index contributed by atoms with van der Waals surface area (Å²) in [6, 6.07) is 14.4. The van der Waals surface area contributed by atoms with Crippen molar-refractivity contribution in [3.63, 3.8) is 0 Å². The van der Waals surface area contributed by atoms with Crippen molar-refractivity contribution in [1.29, 1.82) is 5.26 Å². The van der Waals surface area contributed by atoms with Crippen LogP contribution in [0, 0.1) is 25.2 Å². The number of carbonyl (C=O) groups excluding carboxylic acids is 2. The first-order valence-electron chi connectivity index (χ1n) is 9.66. The maximum absolute atomic E-state index is 13.2. The molecule has 1 N–H and O–H groups in total. The highest BCUT2D eigenvalue weighted by Gasteiger charge is 2.42. The van der Waals surface area contributed by atoms with E-state index in [4.69, 9.17) is 5.26 Å². The Labute approximate surface area is 174 Å². The van der Waals surface area contributed by atoms with Crippen molar-refractivity contribution in [2.24, 2.45) is 0 Å². The maximum atomic E-state index is 13.2. The third kappa shape index (κ3) is 3.44. The molecule has 150 valence electrons. The van der Waals surface area contributed by atoms with Crippen LogP contribution in [-0.2, 0) is 16.1 Å². The third-order valence-corrected chi connectivity index (χ3v) is 5.52. The normalized spacial score (nSPS) is 16.6. The van der Waals surface area contributed by atoms with Gasteiger partial charge in [-0.3, -0.25) is 14.5 Å². The molecule has 4 rings (SSSR count). The number of benzene rings is 2. The minimum atomic E-state index is -0.579. The molecular weight excluding hydrogens is 378 g/mol. The molecular formula is C23H21N5O2. The van der Waals surface area contributed by atoms with E-state index in [9.17, 15) is 9.59 Å². The number of rotatable bonds is 4. The monoisotopic (exact) mass is 399 g/mol. The highest BCUT2D eigenvalue weighted by molar-refractivity contribution is 6.41. The molecule has 3 aromatic rings. The van der Waals surface area contributed by atoms with Gasteiger partial charge < -0.3 is 9.88 Å². The zero-order valence-corrected chi connectivity index (χ0v) is 16.8. The number of aromatic nitrogens is 2. The predicted molar refractivity (Wildman–Crippen MR) is 111 cm³/mol. The molecule has 2 aromatic carbocycles. The summed E-state index contributed by atoms with van der Waals surface area (Å²) >= 11 is 0. The Kier molecular flexibility index (Phi) is 5.07. The fraction of sp³-hybridized carbons (Fsp3) is 0.217. The van der Waals surface area contributed by atoms with E-state index in [0.717, 1.165) is 16.7 Å². The van der Waals surface area contributed by atoms with E-state index in [-0.39, 0.29) is 6.54 Å². The van der Waals surface area contributed by atoms with Crippen LogP contribution in [0.5, 0.6) is 0 Å². The first-order chi connectivity index (χ1) is 14.5. The number of hydrogen-bond acceptors (Lipinski definition) is 4. The maximum Gasteiger partial charge on any atom is 0.317 e. The Hall–Kier alpha value is -3.92. The van der Waals surface area contributed by atoms with Gasteiger partial charge in [-0.05, 0) is 48.7 Å². The summed E-state index contributed by atoms with van der Waals surface area (Å²) in [6.07, 6.45) is 3.35. The first kappa shape index (κ1) is 19.4. The lowest BCUT2D eigenvalue weighted by Gasteiger charge is -2.40. The molecule has 1 aromatic heterocycles. The minimum absolute atomic E-state index is 0.286. The number of amides is 2. The Balaban J connectivity index is 1.70. The van der Waals surface area contributed by atoms with Crippen molar-refractivity contribution in [3.8, 4) is 6.07 Å². The molecule has 7 heteroatoms. The summed E-state index contributed by atoms with van der Waals surface area (Å²) in [5.41, 5.74) is 4.12. The van der Waals surface area contributed by atoms with Gasteiger partial charge in [-0.1, -0.05) is 24.3 Å². The number of aromatic amines is 1. The van der Waals surface area contributed by atoms with E-state index >= 15 is 0 Å². The lowest BCUT2D eigenvalue weighted by molar-refractivity contribution is -0.147. The van der Waals surface area contributed by atoms with Crippen LogP contribution < -0.4 is 4.90 Å². The van der Waals surface area contributed by atoms with Crippen molar-refractivity contribution < 1.29 is 9.59 Å². The van der Waals surface area contributed by atoms with Crippen molar-refractivity contribution >= 4 is 17.5 Å². The summed E-state index contributed by atoms with van der Waals surface area (Å²) in [4.78, 5) is 36.8. The number of imidazole rings is 1. The van der Waals surface area contributed by atoms with Crippen LogP contribution >= 0.6 is 0 Å². The number of hydrogen-bond donors (Lipinski definition) is 1. The molecule has 1 aliphatic rings. The number of carbonyl (C=O) groups is 2. The van der Waals surface area contributed by atoms with E-state index in [1.807, 2.05) is 32.0 Å². The molecule has 0 spiro atoms. The minimum Gasteiger partial charge on any atom is -0.347 e. The van der Waals surface area contributed by atoms with Crippen molar-refractivity contribution in [2.45, 2.75) is 26.4 Å². The second-order valence-electron chi connectivity index (χ2n) is 7.38. The molecule has 1 atom stereocenters. The number of nitriles is 1. The summed E-state index contributed by atoms with van der Waals surface area (Å²) in [6.45, 7) is 4.53. The molecule has 2 amide bonds. The molecule has 0 bridgehead atoms. The first-order valence-corrected chi connectivity index (χ1v) is 9.66. The van der Waals surface area contributed by atoms with Gasteiger partial charge >= 0.3 is 11.8 Å². The van der Waals surface area contributed by atoms with Gasteiger partial charge in [0.1, 0.15) is 11.9 Å². The Morgan fingerprint density at radius 1 is 1.13 bits per heavy atom. The highest BCUT2D eigenvalue weighted by Crippen LogP contribution is 2.34. The van der Waals surface area contributed by atoms with Crippen LogP contribution in [0.2, 0.25) is 0 Å². The SMILES string of the molecule is Cc1cccc(N2C(=O)C(=O)N(Cc3ccc(C#N)cc3)CC2c2ncc[nH]2)c1C. The third-order valence-electron chi connectivity index (χ3n) is 5.52. The standard InChI is InChI=1S/C23H21N5O2/c1-15-4-3-5-19(16(15)2)28-20(21-25-10-11-26-21)14-27(22(29)23(28)30)13-18-8-6-17(12-24)7-9-18/h3-11,20H,13-14H2,1-2H3,(H,25,26). The molecule has 0 aliphatic carbocycles. The van der Waals surface area contributed by atoms with Gasteiger partial charge in [0.25, 0.3) is 0 Å². The Morgan fingerprint density at radius 3 is 2.57 bits per heavy atom. The van der Waals surface area contributed by atoms with Gasteiger partial charge in [-0.25, -0.2) is 4.98 Å². The summed E-state index contributed by atoms with van der Waals surface area (Å²) < 4.78 is 0. The molecule has 0 radical (unpaired) electrons. The molecule has 1 aliphatic heterocycles. The van der Waals surface area contributed by atoms with Gasteiger partial charge in [-0.2, -0.15) is 5.26 Å². The molecule has 1 unspecified atom stereocenters. The van der Waals surface area contributed by atoms with E-state index in [1.165, 1.54) is 0 Å². The molecule has 30 heavy (non-hydrogen) atoms. The molecule has 0 saturated carbocycles. The zero-order chi connectivity index (χ0) is 21.3. The van der Waals surface area contributed by atoms with Crippen molar-refractivity contribution in [1.82, 2.24) is 14.9 Å². The van der Waals surface area contributed by atoms with Crippen LogP contribution in [0.4, 0.5) is 5.69 Å². The fourth-order valence-corrected chi connectivity index (χ4v) is 3.74. The molecule has 7 nitrogen and oxygen atoms in total. The quantitative estimate of drug-likeness (QED) is 0.683. The van der Waals surface area contributed by atoms with Crippen LogP contribution in [-0.4, -0.2) is 33.2 Å². The number of aryl methyl sites for hydroxylation is 1. The smallest absolute Gasteiger partial charge is 0.317 e. The summed E-state index contributed by atoms with van der Waals surface area (Å²) in [5.74, 6) is -0.505. The van der Waals surface area contributed by atoms with E-state index in [2.05, 4.69) is 16.0 Å². The van der Waals surface area contributed by atoms with Crippen LogP contribution in [0.15, 0.2) is 54.9 Å². The second-order valence-corrected chi connectivity index (χ2v) is 7.38. The van der Waals surface area contributed by atoms with Crippen LogP contribution in [0.1, 0.15) is 34.1 Å². The topological polar surface area (TPSA) is 93.1 Å². The largest absolute Gasteiger partial charge is 0.347 e. The van der Waals surface area contributed by atoms with Crippen LogP contribution in [0.25, 0.3) is 0 Å². The predicted octanol–water partition coefficient (Wildman–Crippen LogP) is 3.01. The average Bonchev–Trinajstić information content (AvgIpc) is 3.29. The van der Waals surface area contributed by atoms with Crippen LogP contribution in [0.3, 0.4) is 0 Å². The highest BCUT2D eigenvalue weighted by atomic mass is 16.2. The Bertz CT molecular complexity index is 1130. The van der Waals surface area contributed by atoms with E-state index in [1.54, 1.807) is 46.5 Å². The van der Waals surface area contributed by atoms with Gasteiger partial charge in [0.2, 0.25) is 0 Å². The average molecular weight is 399 g/mol. The lowest BCUT2D eigenvalue weighted by Crippen LogP contribution is -2.56. The van der Waals surface area contributed by atoms with E-state index in [0.29, 0.717) is 23.6 Å². The number of anilines is 1. The van der Waals surface area contributed by atoms with Crippen molar-refractivity contribution in [3.05, 3.63) is 82.9 Å². The summed E-state index contributed by atoms with van der Waals surface area (Å²) in [5, 5.41) is 8.97. The van der Waals surface area contributed by atoms with Gasteiger partial charge in [-0.15, -0.1) is 0 Å². The number of nitrogens with zero attached hydrogens (tertiary/aromatic N) is 4. The lowest BCUT2D eigenvalue weighted by atomic mass is 10.0. The van der Waals surface area contributed by atoms with Gasteiger partial charge in [0.05, 0.1) is 11.6 Å². The molecule has 1 fully saturated rings. The molecule has 1 saturated heterocycles. The Morgan fingerprint density at radius 2 is 1.90 bits per heavy atom. The van der Waals surface area contributed by atoms with Gasteiger partial charge in [0.15, 0.2) is 0 Å². The zero-order valence-electron chi connectivity index (χ0n) is 16.8. The second kappa shape index (κ2) is 7.84. The summed E-state index contributed by atoms with van der Waals surface area (Å²) in [7, 11) is 0. The molecule has 2 heterocycles. The van der Waals surface area contributed by atoms with E-state index < -0.39 is 17.9 Å². The number of H-pyrrole nitrogens is 1. The number of piperazine rings is 1. The fourth-order valence-electron chi connectivity index (χ4n) is 3.74. The van der Waals surface area contributed by atoms with Crippen molar-refractivity contribution in [2.75, 3.05) is 11.4 Å².